The molecule has 1 unspecified atom stereocenters. The molecule has 21 heavy (non-hydrogen) atoms. The minimum atomic E-state index is -0.0945. The third-order valence-electron chi connectivity index (χ3n) is 4.84. The van der Waals surface area contributed by atoms with Crippen LogP contribution in [-0.4, -0.2) is 30.6 Å². The lowest BCUT2D eigenvalue weighted by Gasteiger charge is -2.39. The van der Waals surface area contributed by atoms with Gasteiger partial charge in [-0.15, -0.1) is 12.4 Å². The normalized spacial score (nSPS) is 26.8. The molecular formula is C16H19ClN2O2. The molecular weight excluding hydrogens is 288 g/mol. The molecule has 2 N–H and O–H groups in total. The number of H-pyrrole nitrogens is 1. The van der Waals surface area contributed by atoms with Crippen molar-refractivity contribution in [2.24, 2.45) is 5.92 Å². The van der Waals surface area contributed by atoms with Crippen molar-refractivity contribution in [2.45, 2.75) is 24.8 Å². The number of methoxy groups -OCH3 is 1. The lowest BCUT2D eigenvalue weighted by atomic mass is 9.73. The minimum Gasteiger partial charge on any atom is -0.469 e. The predicted octanol–water partition coefficient (Wildman–Crippen LogP) is 2.38. The molecule has 4 rings (SSSR count). The van der Waals surface area contributed by atoms with Gasteiger partial charge in [-0.1, -0.05) is 12.1 Å². The van der Waals surface area contributed by atoms with Crippen LogP contribution in [0.25, 0.3) is 10.9 Å². The number of hydrogen-bond acceptors (Lipinski definition) is 3. The number of carbonyl (C=O) groups excluding carboxylic acids is 1. The smallest absolute Gasteiger partial charge is 0.309 e. The van der Waals surface area contributed by atoms with E-state index < -0.39 is 0 Å². The van der Waals surface area contributed by atoms with Crippen molar-refractivity contribution < 1.29 is 9.53 Å². The standard InChI is InChI=1S/C16H18N2O2.ClH/c1-20-16(19)10-5-12-11-3-2-4-13-15(11)9(7-17-13)6-14(12)18-8-10;/h2-4,7,10,12,14,17-18H,5-6,8H2,1H3;1H/t10-,12?,14-;/m1./s1. The Labute approximate surface area is 129 Å². The Balaban J connectivity index is 0.00000132. The Morgan fingerprint density at radius 3 is 3.05 bits per heavy atom. The van der Waals surface area contributed by atoms with E-state index in [-0.39, 0.29) is 24.3 Å². The summed E-state index contributed by atoms with van der Waals surface area (Å²) in [6.45, 7) is 0.726. The van der Waals surface area contributed by atoms with Gasteiger partial charge in [0.05, 0.1) is 13.0 Å². The highest BCUT2D eigenvalue weighted by Gasteiger charge is 2.38. The van der Waals surface area contributed by atoms with Crippen LogP contribution in [0.5, 0.6) is 0 Å². The maximum absolute atomic E-state index is 11.8. The van der Waals surface area contributed by atoms with Gasteiger partial charge in [-0.3, -0.25) is 4.79 Å². The number of piperidine rings is 1. The third kappa shape index (κ3) is 2.14. The fourth-order valence-corrected chi connectivity index (χ4v) is 3.89. The first-order valence-corrected chi connectivity index (χ1v) is 7.18. The highest BCUT2D eigenvalue weighted by Crippen LogP contribution is 2.41. The Hall–Kier alpha value is -1.52. The molecule has 2 heterocycles. The van der Waals surface area contributed by atoms with Crippen molar-refractivity contribution in [3.8, 4) is 0 Å². The summed E-state index contributed by atoms with van der Waals surface area (Å²) >= 11 is 0. The van der Waals surface area contributed by atoms with Crippen molar-refractivity contribution in [1.29, 1.82) is 0 Å². The summed E-state index contributed by atoms with van der Waals surface area (Å²) in [5.41, 5.74) is 3.97. The van der Waals surface area contributed by atoms with E-state index in [0.29, 0.717) is 12.0 Å². The lowest BCUT2D eigenvalue weighted by molar-refractivity contribution is -0.146. The van der Waals surface area contributed by atoms with Crippen LogP contribution in [0.3, 0.4) is 0 Å². The summed E-state index contributed by atoms with van der Waals surface area (Å²) in [6.07, 6.45) is 4.04. The first-order chi connectivity index (χ1) is 9.78. The van der Waals surface area contributed by atoms with Crippen molar-refractivity contribution in [2.75, 3.05) is 13.7 Å². The number of esters is 1. The molecule has 0 radical (unpaired) electrons. The van der Waals surface area contributed by atoms with E-state index in [9.17, 15) is 4.79 Å². The summed E-state index contributed by atoms with van der Waals surface area (Å²) in [7, 11) is 1.47. The molecule has 112 valence electrons. The van der Waals surface area contributed by atoms with E-state index in [2.05, 4.69) is 34.7 Å². The average molecular weight is 307 g/mol. The van der Waals surface area contributed by atoms with Crippen LogP contribution in [0.1, 0.15) is 23.5 Å². The van der Waals surface area contributed by atoms with Crippen molar-refractivity contribution in [3.63, 3.8) is 0 Å². The van der Waals surface area contributed by atoms with Crippen LogP contribution in [0.4, 0.5) is 0 Å². The van der Waals surface area contributed by atoms with Crippen LogP contribution < -0.4 is 5.32 Å². The van der Waals surface area contributed by atoms with Gasteiger partial charge in [0.1, 0.15) is 0 Å². The van der Waals surface area contributed by atoms with Gasteiger partial charge in [-0.25, -0.2) is 0 Å². The minimum absolute atomic E-state index is 0. The van der Waals surface area contributed by atoms with Gasteiger partial charge in [0.25, 0.3) is 0 Å². The average Bonchev–Trinajstić information content (AvgIpc) is 2.91. The quantitative estimate of drug-likeness (QED) is 0.795. The van der Waals surface area contributed by atoms with Gasteiger partial charge in [0, 0.05) is 35.6 Å². The highest BCUT2D eigenvalue weighted by atomic mass is 35.5. The van der Waals surface area contributed by atoms with Crippen molar-refractivity contribution in [3.05, 3.63) is 35.5 Å². The van der Waals surface area contributed by atoms with Gasteiger partial charge in [0.15, 0.2) is 0 Å². The number of aromatic amines is 1. The third-order valence-corrected chi connectivity index (χ3v) is 4.84. The molecule has 2 aromatic rings. The first kappa shape index (κ1) is 14.4. The first-order valence-electron chi connectivity index (χ1n) is 7.18. The second kappa shape index (κ2) is 5.35. The number of rotatable bonds is 1. The topological polar surface area (TPSA) is 54.1 Å². The number of halogens is 1. The number of ether oxygens (including phenoxy) is 1. The summed E-state index contributed by atoms with van der Waals surface area (Å²) < 4.78 is 4.91. The predicted molar refractivity (Wildman–Crippen MR) is 83.9 cm³/mol. The van der Waals surface area contributed by atoms with E-state index >= 15 is 0 Å². The van der Waals surface area contributed by atoms with Crippen LogP contribution in [-0.2, 0) is 16.0 Å². The number of hydrogen-bond donors (Lipinski definition) is 2. The molecule has 0 amide bonds. The zero-order chi connectivity index (χ0) is 13.7. The maximum Gasteiger partial charge on any atom is 0.309 e. The molecule has 1 aromatic carbocycles. The largest absolute Gasteiger partial charge is 0.469 e. The zero-order valence-corrected chi connectivity index (χ0v) is 12.7. The monoisotopic (exact) mass is 306 g/mol. The van der Waals surface area contributed by atoms with Crippen LogP contribution in [0, 0.1) is 5.92 Å². The van der Waals surface area contributed by atoms with Gasteiger partial charge >= 0.3 is 5.97 Å². The van der Waals surface area contributed by atoms with Crippen molar-refractivity contribution in [1.82, 2.24) is 10.3 Å². The van der Waals surface area contributed by atoms with E-state index in [1.807, 2.05) is 0 Å². The molecule has 4 nitrogen and oxygen atoms in total. The van der Waals surface area contributed by atoms with E-state index in [1.54, 1.807) is 0 Å². The second-order valence-corrected chi connectivity index (χ2v) is 5.86. The molecule has 1 aliphatic heterocycles. The molecule has 1 aliphatic carbocycles. The van der Waals surface area contributed by atoms with Crippen LogP contribution in [0.15, 0.2) is 24.4 Å². The Morgan fingerprint density at radius 1 is 1.38 bits per heavy atom. The number of nitrogens with one attached hydrogen (secondary N) is 2. The SMILES string of the molecule is COC(=O)[C@H]1CN[C@@H]2Cc3c[nH]c4cccc(c34)C2C1.Cl. The van der Waals surface area contributed by atoms with E-state index in [1.165, 1.54) is 29.1 Å². The lowest BCUT2D eigenvalue weighted by Crippen LogP contribution is -2.48. The molecule has 1 aromatic heterocycles. The van der Waals surface area contributed by atoms with E-state index in [0.717, 1.165) is 19.4 Å². The molecule has 5 heteroatoms. The summed E-state index contributed by atoms with van der Waals surface area (Å²) in [6, 6.07) is 6.86. The summed E-state index contributed by atoms with van der Waals surface area (Å²) in [4.78, 5) is 15.2. The second-order valence-electron chi connectivity index (χ2n) is 5.86. The van der Waals surface area contributed by atoms with Crippen LogP contribution >= 0.6 is 12.4 Å². The number of carbonyl (C=O) groups is 1. The number of aromatic nitrogens is 1. The van der Waals surface area contributed by atoms with Gasteiger partial charge < -0.3 is 15.0 Å². The van der Waals surface area contributed by atoms with Gasteiger partial charge in [-0.05, 0) is 30.0 Å². The van der Waals surface area contributed by atoms with E-state index in [4.69, 9.17) is 4.74 Å². The van der Waals surface area contributed by atoms with Crippen LogP contribution in [0.2, 0.25) is 0 Å². The van der Waals surface area contributed by atoms with Gasteiger partial charge in [-0.2, -0.15) is 0 Å². The van der Waals surface area contributed by atoms with Gasteiger partial charge in [0.2, 0.25) is 0 Å². The molecule has 3 atom stereocenters. The number of fused-ring (bicyclic) bond motifs is 2. The molecule has 0 spiro atoms. The molecule has 1 fully saturated rings. The fourth-order valence-electron chi connectivity index (χ4n) is 3.89. The molecule has 0 saturated carbocycles. The Kier molecular flexibility index (Phi) is 3.68. The van der Waals surface area contributed by atoms with Crippen molar-refractivity contribution >= 4 is 29.3 Å². The fraction of sp³-hybridized carbons (Fsp3) is 0.438. The summed E-state index contributed by atoms with van der Waals surface area (Å²) in [5, 5.41) is 4.91. The number of benzene rings is 1. The summed E-state index contributed by atoms with van der Waals surface area (Å²) in [5.74, 6) is 0.278. The zero-order valence-electron chi connectivity index (χ0n) is 11.9. The Bertz CT molecular complexity index is 682. The Morgan fingerprint density at radius 2 is 2.24 bits per heavy atom. The highest BCUT2D eigenvalue weighted by molar-refractivity contribution is 5.88. The molecule has 0 bridgehead atoms. The molecule has 2 aliphatic rings. The molecule has 1 saturated heterocycles. The maximum atomic E-state index is 11.8.